The Hall–Kier alpha value is -2.10. The van der Waals surface area contributed by atoms with Crippen molar-refractivity contribution < 1.29 is 14.3 Å². The summed E-state index contributed by atoms with van der Waals surface area (Å²) in [6.45, 7) is 3.91. The molecule has 4 heteroatoms. The quantitative estimate of drug-likeness (QED) is 0.272. The molecule has 0 fully saturated rings. The summed E-state index contributed by atoms with van der Waals surface area (Å²) in [7, 11) is 0. The van der Waals surface area contributed by atoms with Crippen molar-refractivity contribution >= 4 is 17.6 Å². The van der Waals surface area contributed by atoms with Crippen LogP contribution < -0.4 is 5.73 Å². The van der Waals surface area contributed by atoms with Crippen molar-refractivity contribution in [2.45, 2.75) is 46.0 Å². The molecule has 0 spiro atoms. The molecule has 0 amide bonds. The van der Waals surface area contributed by atoms with Gasteiger partial charge in [-0.3, -0.25) is 0 Å². The van der Waals surface area contributed by atoms with Crippen molar-refractivity contribution in [2.75, 3.05) is 5.73 Å². The number of ether oxygens (including phenoxy) is 1. The standard InChI is InChI=1S/C17H23NO3/c1-3-5-6-7-10-13(4-2)16(19)21-17(20)14-11-8-9-12-15(14)18/h4,8-9,11-12H,3,5-7,10,18H2,1-2H3. The van der Waals surface area contributed by atoms with Crippen LogP contribution in [0.4, 0.5) is 5.69 Å². The number of hydrogen-bond acceptors (Lipinski definition) is 4. The van der Waals surface area contributed by atoms with E-state index in [-0.39, 0.29) is 5.56 Å². The predicted octanol–water partition coefficient (Wildman–Crippen LogP) is 3.87. The van der Waals surface area contributed by atoms with Gasteiger partial charge in [-0.15, -0.1) is 0 Å². The Balaban J connectivity index is 2.58. The molecule has 21 heavy (non-hydrogen) atoms. The first kappa shape index (κ1) is 17.0. The minimum Gasteiger partial charge on any atom is -0.398 e. The molecule has 114 valence electrons. The minimum absolute atomic E-state index is 0.215. The number of esters is 2. The number of hydrogen-bond donors (Lipinski definition) is 1. The maximum absolute atomic E-state index is 12.0. The molecule has 0 aromatic heterocycles. The van der Waals surface area contributed by atoms with Crippen molar-refractivity contribution in [3.8, 4) is 0 Å². The van der Waals surface area contributed by atoms with E-state index in [1.54, 1.807) is 37.3 Å². The fourth-order valence-electron chi connectivity index (χ4n) is 1.99. The van der Waals surface area contributed by atoms with Crippen LogP contribution in [-0.2, 0) is 9.53 Å². The van der Waals surface area contributed by atoms with Gasteiger partial charge < -0.3 is 10.5 Å². The lowest BCUT2D eigenvalue weighted by Gasteiger charge is -2.08. The third kappa shape index (κ3) is 5.42. The first-order valence-corrected chi connectivity index (χ1v) is 7.36. The molecule has 1 aromatic rings. The second kappa shape index (κ2) is 8.95. The highest BCUT2D eigenvalue weighted by molar-refractivity contribution is 6.04. The minimum atomic E-state index is -0.703. The van der Waals surface area contributed by atoms with Crippen LogP contribution in [0.5, 0.6) is 0 Å². The highest BCUT2D eigenvalue weighted by atomic mass is 16.6. The van der Waals surface area contributed by atoms with Crippen LogP contribution in [0.25, 0.3) is 0 Å². The highest BCUT2D eigenvalue weighted by Gasteiger charge is 2.17. The third-order valence-corrected chi connectivity index (χ3v) is 3.28. The lowest BCUT2D eigenvalue weighted by atomic mass is 10.1. The number of carbonyl (C=O) groups is 2. The number of nitrogens with two attached hydrogens (primary N) is 1. The first-order chi connectivity index (χ1) is 10.1. The van der Waals surface area contributed by atoms with Crippen LogP contribution in [-0.4, -0.2) is 11.9 Å². The van der Waals surface area contributed by atoms with Gasteiger partial charge in [0.05, 0.1) is 5.56 Å². The van der Waals surface area contributed by atoms with Gasteiger partial charge in [0.1, 0.15) is 0 Å². The van der Waals surface area contributed by atoms with Crippen molar-refractivity contribution in [2.24, 2.45) is 0 Å². The van der Waals surface area contributed by atoms with Crippen LogP contribution in [0.15, 0.2) is 35.9 Å². The second-order valence-electron chi connectivity index (χ2n) is 4.89. The van der Waals surface area contributed by atoms with Crippen molar-refractivity contribution in [1.29, 1.82) is 0 Å². The largest absolute Gasteiger partial charge is 0.398 e. The average Bonchev–Trinajstić information content (AvgIpc) is 2.47. The summed E-state index contributed by atoms with van der Waals surface area (Å²) in [5.74, 6) is -1.28. The third-order valence-electron chi connectivity index (χ3n) is 3.28. The van der Waals surface area contributed by atoms with E-state index >= 15 is 0 Å². The van der Waals surface area contributed by atoms with E-state index in [2.05, 4.69) is 6.92 Å². The van der Waals surface area contributed by atoms with Crippen LogP contribution in [0, 0.1) is 0 Å². The molecule has 2 N–H and O–H groups in total. The Morgan fingerprint density at radius 1 is 1.19 bits per heavy atom. The Labute approximate surface area is 126 Å². The summed E-state index contributed by atoms with van der Waals surface area (Å²) in [6.07, 6.45) is 6.61. The van der Waals surface area contributed by atoms with Crippen molar-refractivity contribution in [3.63, 3.8) is 0 Å². The molecule has 0 saturated heterocycles. The maximum Gasteiger partial charge on any atom is 0.348 e. The molecule has 1 aromatic carbocycles. The fourth-order valence-corrected chi connectivity index (χ4v) is 1.99. The number of nitrogen functional groups attached to an aromatic ring is 1. The number of allylic oxidation sites excluding steroid dienone is 1. The fraction of sp³-hybridized carbons (Fsp3) is 0.412. The van der Waals surface area contributed by atoms with Crippen LogP contribution in [0.1, 0.15) is 56.3 Å². The normalized spacial score (nSPS) is 11.2. The topological polar surface area (TPSA) is 69.4 Å². The molecule has 0 unspecified atom stereocenters. The molecule has 1 rings (SSSR count). The van der Waals surface area contributed by atoms with Crippen LogP contribution in [0.2, 0.25) is 0 Å². The van der Waals surface area contributed by atoms with E-state index in [0.29, 0.717) is 17.7 Å². The zero-order chi connectivity index (χ0) is 15.7. The van der Waals surface area contributed by atoms with E-state index in [1.807, 2.05) is 0 Å². The number of anilines is 1. The summed E-state index contributed by atoms with van der Waals surface area (Å²) in [4.78, 5) is 23.9. The highest BCUT2D eigenvalue weighted by Crippen LogP contribution is 2.15. The van der Waals surface area contributed by atoms with Gasteiger partial charge in [-0.2, -0.15) is 0 Å². The number of benzene rings is 1. The molecule has 0 aliphatic heterocycles. The molecule has 0 bridgehead atoms. The number of unbranched alkanes of at least 4 members (excludes halogenated alkanes) is 3. The van der Waals surface area contributed by atoms with Gasteiger partial charge in [0.25, 0.3) is 0 Å². The molecular formula is C17H23NO3. The van der Waals surface area contributed by atoms with E-state index in [9.17, 15) is 9.59 Å². The molecule has 0 radical (unpaired) electrons. The molecular weight excluding hydrogens is 266 g/mol. The van der Waals surface area contributed by atoms with Gasteiger partial charge in [0.15, 0.2) is 0 Å². The Morgan fingerprint density at radius 3 is 2.52 bits per heavy atom. The Bertz CT molecular complexity index is 521. The molecule has 0 aliphatic carbocycles. The average molecular weight is 289 g/mol. The van der Waals surface area contributed by atoms with Gasteiger partial charge in [-0.1, -0.05) is 44.4 Å². The lowest BCUT2D eigenvalue weighted by Crippen LogP contribution is -2.16. The van der Waals surface area contributed by atoms with E-state index in [1.165, 1.54) is 0 Å². The first-order valence-electron chi connectivity index (χ1n) is 7.36. The van der Waals surface area contributed by atoms with E-state index in [4.69, 9.17) is 10.5 Å². The maximum atomic E-state index is 12.0. The molecule has 0 atom stereocenters. The smallest absolute Gasteiger partial charge is 0.348 e. The summed E-state index contributed by atoms with van der Waals surface area (Å²) in [5, 5.41) is 0. The molecule has 0 saturated carbocycles. The van der Waals surface area contributed by atoms with Gasteiger partial charge in [0.2, 0.25) is 0 Å². The van der Waals surface area contributed by atoms with Crippen LogP contribution >= 0.6 is 0 Å². The van der Waals surface area contributed by atoms with Gasteiger partial charge in [-0.25, -0.2) is 9.59 Å². The second-order valence-corrected chi connectivity index (χ2v) is 4.89. The van der Waals surface area contributed by atoms with Gasteiger partial charge >= 0.3 is 11.9 Å². The summed E-state index contributed by atoms with van der Waals surface area (Å²) >= 11 is 0. The summed E-state index contributed by atoms with van der Waals surface area (Å²) < 4.78 is 4.90. The van der Waals surface area contributed by atoms with E-state index < -0.39 is 11.9 Å². The van der Waals surface area contributed by atoms with E-state index in [0.717, 1.165) is 25.7 Å². The van der Waals surface area contributed by atoms with Gasteiger partial charge in [0, 0.05) is 11.3 Å². The number of carbonyl (C=O) groups excluding carboxylic acids is 2. The Kier molecular flexibility index (Phi) is 7.23. The number of rotatable bonds is 7. The number of para-hydroxylation sites is 1. The summed E-state index contributed by atoms with van der Waals surface area (Å²) in [6, 6.07) is 6.54. The predicted molar refractivity (Wildman–Crippen MR) is 83.8 cm³/mol. The Morgan fingerprint density at radius 2 is 1.90 bits per heavy atom. The lowest BCUT2D eigenvalue weighted by molar-refractivity contribution is -0.133. The molecule has 4 nitrogen and oxygen atoms in total. The SMILES string of the molecule is CC=C(CCCCCC)C(=O)OC(=O)c1ccccc1N. The molecule has 0 heterocycles. The molecule has 0 aliphatic rings. The zero-order valence-electron chi connectivity index (χ0n) is 12.7. The van der Waals surface area contributed by atoms with Crippen molar-refractivity contribution in [3.05, 3.63) is 41.5 Å². The zero-order valence-corrected chi connectivity index (χ0v) is 12.7. The van der Waals surface area contributed by atoms with Crippen LogP contribution in [0.3, 0.4) is 0 Å². The van der Waals surface area contributed by atoms with Gasteiger partial charge in [-0.05, 0) is 31.9 Å². The monoisotopic (exact) mass is 289 g/mol. The van der Waals surface area contributed by atoms with Crippen molar-refractivity contribution in [1.82, 2.24) is 0 Å². The summed E-state index contributed by atoms with van der Waals surface area (Å²) in [5.41, 5.74) is 6.75.